The predicted molar refractivity (Wildman–Crippen MR) is 58.0 cm³/mol. The molecule has 1 atom stereocenters. The summed E-state index contributed by atoms with van der Waals surface area (Å²) in [7, 11) is 0. The zero-order valence-electron chi connectivity index (χ0n) is 9.38. The molecule has 1 aromatic rings. The van der Waals surface area contributed by atoms with Gasteiger partial charge < -0.3 is 5.73 Å². The van der Waals surface area contributed by atoms with E-state index in [-0.39, 0.29) is 5.56 Å². The molecule has 0 heterocycles. The van der Waals surface area contributed by atoms with E-state index in [1.54, 1.807) is 12.1 Å². The first-order valence-corrected chi connectivity index (χ1v) is 5.22. The Hall–Kier alpha value is -1.03. The SMILES string of the molecule is CC(C)Cc1ccc([C@@H](N)C(F)(F)F)cc1. The molecule has 0 spiro atoms. The molecule has 16 heavy (non-hydrogen) atoms. The fourth-order valence-electron chi connectivity index (χ4n) is 1.52. The molecule has 1 rings (SSSR count). The highest BCUT2D eigenvalue weighted by Crippen LogP contribution is 2.30. The Bertz CT molecular complexity index is 327. The Morgan fingerprint density at radius 2 is 1.62 bits per heavy atom. The van der Waals surface area contributed by atoms with E-state index in [4.69, 9.17) is 5.73 Å². The Balaban J connectivity index is 2.79. The van der Waals surface area contributed by atoms with Gasteiger partial charge in [-0.2, -0.15) is 13.2 Å². The fraction of sp³-hybridized carbons (Fsp3) is 0.500. The lowest BCUT2D eigenvalue weighted by Gasteiger charge is -2.16. The maximum Gasteiger partial charge on any atom is 0.407 e. The second-order valence-electron chi connectivity index (χ2n) is 4.36. The van der Waals surface area contributed by atoms with Gasteiger partial charge in [-0.05, 0) is 23.5 Å². The van der Waals surface area contributed by atoms with Crippen molar-refractivity contribution < 1.29 is 13.2 Å². The highest BCUT2D eigenvalue weighted by molar-refractivity contribution is 5.26. The second-order valence-corrected chi connectivity index (χ2v) is 4.36. The first-order chi connectivity index (χ1) is 7.30. The highest BCUT2D eigenvalue weighted by atomic mass is 19.4. The van der Waals surface area contributed by atoms with Gasteiger partial charge >= 0.3 is 6.18 Å². The van der Waals surface area contributed by atoms with Crippen LogP contribution in [0, 0.1) is 5.92 Å². The third-order valence-corrected chi connectivity index (χ3v) is 2.34. The Morgan fingerprint density at radius 3 is 2.00 bits per heavy atom. The van der Waals surface area contributed by atoms with Crippen LogP contribution in [0.15, 0.2) is 24.3 Å². The van der Waals surface area contributed by atoms with Crippen LogP contribution in [-0.4, -0.2) is 6.18 Å². The van der Waals surface area contributed by atoms with Gasteiger partial charge in [-0.3, -0.25) is 0 Å². The fourth-order valence-corrected chi connectivity index (χ4v) is 1.52. The van der Waals surface area contributed by atoms with Crippen LogP contribution in [0.5, 0.6) is 0 Å². The van der Waals surface area contributed by atoms with E-state index in [0.29, 0.717) is 5.92 Å². The quantitative estimate of drug-likeness (QED) is 0.847. The number of alkyl halides is 3. The van der Waals surface area contributed by atoms with Gasteiger partial charge in [0.05, 0.1) is 0 Å². The Labute approximate surface area is 93.5 Å². The molecule has 2 N–H and O–H groups in total. The van der Waals surface area contributed by atoms with Crippen LogP contribution in [0.25, 0.3) is 0 Å². The molecule has 0 aromatic heterocycles. The number of hydrogen-bond donors (Lipinski definition) is 1. The van der Waals surface area contributed by atoms with Crippen LogP contribution in [0.1, 0.15) is 31.0 Å². The molecule has 1 aromatic carbocycles. The zero-order chi connectivity index (χ0) is 12.3. The summed E-state index contributed by atoms with van der Waals surface area (Å²) in [5.74, 6) is 0.488. The topological polar surface area (TPSA) is 26.0 Å². The van der Waals surface area contributed by atoms with Gasteiger partial charge in [0.1, 0.15) is 6.04 Å². The van der Waals surface area contributed by atoms with E-state index in [1.165, 1.54) is 12.1 Å². The molecule has 0 fully saturated rings. The third kappa shape index (κ3) is 3.52. The smallest absolute Gasteiger partial charge is 0.316 e. The number of benzene rings is 1. The van der Waals surface area contributed by atoms with Gasteiger partial charge in [-0.25, -0.2) is 0 Å². The minimum Gasteiger partial charge on any atom is -0.316 e. The number of hydrogen-bond acceptors (Lipinski definition) is 1. The predicted octanol–water partition coefficient (Wildman–Crippen LogP) is 3.45. The molecule has 0 amide bonds. The summed E-state index contributed by atoms with van der Waals surface area (Å²) >= 11 is 0. The summed E-state index contributed by atoms with van der Waals surface area (Å²) in [5.41, 5.74) is 6.24. The van der Waals surface area contributed by atoms with E-state index < -0.39 is 12.2 Å². The average Bonchev–Trinajstić information content (AvgIpc) is 2.15. The molecule has 1 nitrogen and oxygen atoms in total. The van der Waals surface area contributed by atoms with Gasteiger partial charge in [-0.1, -0.05) is 38.1 Å². The first kappa shape index (κ1) is 13.0. The van der Waals surface area contributed by atoms with Crippen LogP contribution in [0.2, 0.25) is 0 Å². The molecule has 0 unspecified atom stereocenters. The number of halogens is 3. The molecule has 0 aliphatic heterocycles. The van der Waals surface area contributed by atoms with Gasteiger partial charge in [0.25, 0.3) is 0 Å². The molecule has 0 saturated carbocycles. The van der Waals surface area contributed by atoms with Crippen LogP contribution < -0.4 is 5.73 Å². The van der Waals surface area contributed by atoms with E-state index >= 15 is 0 Å². The van der Waals surface area contributed by atoms with E-state index in [1.807, 2.05) is 0 Å². The Morgan fingerprint density at radius 1 is 1.12 bits per heavy atom. The molecule has 0 saturated heterocycles. The van der Waals surface area contributed by atoms with Crippen LogP contribution >= 0.6 is 0 Å². The van der Waals surface area contributed by atoms with Crippen molar-refractivity contribution in [1.82, 2.24) is 0 Å². The van der Waals surface area contributed by atoms with Crippen molar-refractivity contribution in [1.29, 1.82) is 0 Å². The summed E-state index contributed by atoms with van der Waals surface area (Å²) < 4.78 is 37.0. The Kier molecular flexibility index (Phi) is 3.97. The van der Waals surface area contributed by atoms with E-state index in [2.05, 4.69) is 13.8 Å². The maximum atomic E-state index is 12.3. The van der Waals surface area contributed by atoms with Crippen molar-refractivity contribution in [2.75, 3.05) is 0 Å². The second kappa shape index (κ2) is 4.87. The summed E-state index contributed by atoms with van der Waals surface area (Å²) in [4.78, 5) is 0. The van der Waals surface area contributed by atoms with Crippen LogP contribution in [0.3, 0.4) is 0 Å². The van der Waals surface area contributed by atoms with Crippen LogP contribution in [-0.2, 0) is 6.42 Å². The summed E-state index contributed by atoms with van der Waals surface area (Å²) in [6, 6.07) is 4.44. The lowest BCUT2D eigenvalue weighted by molar-refractivity contribution is -0.149. The van der Waals surface area contributed by atoms with E-state index in [0.717, 1.165) is 12.0 Å². The molecular formula is C12H16F3N. The average molecular weight is 231 g/mol. The summed E-state index contributed by atoms with van der Waals surface area (Å²) in [5, 5.41) is 0. The van der Waals surface area contributed by atoms with Gasteiger partial charge in [-0.15, -0.1) is 0 Å². The highest BCUT2D eigenvalue weighted by Gasteiger charge is 2.37. The van der Waals surface area contributed by atoms with Crippen molar-refractivity contribution in [3.8, 4) is 0 Å². The normalized spacial score (nSPS) is 14.2. The lowest BCUT2D eigenvalue weighted by atomic mass is 9.99. The molecule has 0 aliphatic rings. The molecule has 0 radical (unpaired) electrons. The summed E-state index contributed by atoms with van der Waals surface area (Å²) in [6.45, 7) is 4.13. The first-order valence-electron chi connectivity index (χ1n) is 5.22. The van der Waals surface area contributed by atoms with Gasteiger partial charge in [0, 0.05) is 0 Å². The van der Waals surface area contributed by atoms with Crippen molar-refractivity contribution in [3.05, 3.63) is 35.4 Å². The van der Waals surface area contributed by atoms with E-state index in [9.17, 15) is 13.2 Å². The lowest BCUT2D eigenvalue weighted by Crippen LogP contribution is -2.28. The minimum absolute atomic E-state index is 0.111. The largest absolute Gasteiger partial charge is 0.407 e. The van der Waals surface area contributed by atoms with Crippen molar-refractivity contribution in [2.45, 2.75) is 32.5 Å². The maximum absolute atomic E-state index is 12.3. The number of rotatable bonds is 3. The number of nitrogens with two attached hydrogens (primary N) is 1. The van der Waals surface area contributed by atoms with Crippen molar-refractivity contribution in [3.63, 3.8) is 0 Å². The minimum atomic E-state index is -4.38. The molecule has 4 heteroatoms. The monoisotopic (exact) mass is 231 g/mol. The standard InChI is InChI=1S/C12H16F3N/c1-8(2)7-9-3-5-10(6-4-9)11(16)12(13,14)15/h3-6,8,11H,7,16H2,1-2H3/t11-/m1/s1. The zero-order valence-corrected chi connectivity index (χ0v) is 9.38. The van der Waals surface area contributed by atoms with Gasteiger partial charge in [0.15, 0.2) is 0 Å². The van der Waals surface area contributed by atoms with Crippen LogP contribution in [0.4, 0.5) is 13.2 Å². The molecular weight excluding hydrogens is 215 g/mol. The molecule has 0 aliphatic carbocycles. The third-order valence-electron chi connectivity index (χ3n) is 2.34. The van der Waals surface area contributed by atoms with Crippen molar-refractivity contribution >= 4 is 0 Å². The summed E-state index contributed by atoms with van der Waals surface area (Å²) in [6.07, 6.45) is -3.51. The molecule has 0 bridgehead atoms. The molecule has 90 valence electrons. The van der Waals surface area contributed by atoms with Crippen molar-refractivity contribution in [2.24, 2.45) is 11.7 Å². The van der Waals surface area contributed by atoms with Gasteiger partial charge in [0.2, 0.25) is 0 Å².